The number of amides is 1. The number of benzene rings is 2. The van der Waals surface area contributed by atoms with Crippen LogP contribution in [0, 0.1) is 13.8 Å². The number of esters is 1. The summed E-state index contributed by atoms with van der Waals surface area (Å²) in [6.45, 7) is 5.66. The van der Waals surface area contributed by atoms with E-state index in [2.05, 4.69) is 20.3 Å². The van der Waals surface area contributed by atoms with E-state index in [1.807, 2.05) is 43.5 Å². The van der Waals surface area contributed by atoms with Gasteiger partial charge >= 0.3 is 5.97 Å². The number of anilines is 1. The number of nitrogens with zero attached hydrogens (tertiary/aromatic N) is 2. The zero-order valence-electron chi connectivity index (χ0n) is 17.4. The van der Waals surface area contributed by atoms with Crippen molar-refractivity contribution in [3.63, 3.8) is 0 Å². The quantitative estimate of drug-likeness (QED) is 0.422. The summed E-state index contributed by atoms with van der Waals surface area (Å²) in [6, 6.07) is 13.1. The van der Waals surface area contributed by atoms with Crippen molar-refractivity contribution in [2.75, 3.05) is 5.32 Å². The Morgan fingerprint density at radius 1 is 1.13 bits per heavy atom. The molecule has 1 amide bonds. The molecule has 0 spiro atoms. The molecule has 2 aromatic carbocycles. The van der Waals surface area contributed by atoms with Gasteiger partial charge in [0.05, 0.1) is 22.3 Å². The Kier molecular flexibility index (Phi) is 5.81. The number of H-pyrrole nitrogens is 1. The van der Waals surface area contributed by atoms with Gasteiger partial charge in [0.15, 0.2) is 11.2 Å². The molecule has 0 saturated carbocycles. The highest BCUT2D eigenvalue weighted by molar-refractivity contribution is 7.13. The fraction of sp³-hybridized carbons (Fsp3) is 0.217. The van der Waals surface area contributed by atoms with Crippen LogP contribution in [0.1, 0.15) is 35.0 Å². The summed E-state index contributed by atoms with van der Waals surface area (Å²) in [5.74, 6) is -0.231. The molecular formula is C23H22N4O3S. The highest BCUT2D eigenvalue weighted by Gasteiger charge is 2.23. The number of hydrogen-bond acceptors (Lipinski definition) is 6. The first kappa shape index (κ1) is 20.7. The van der Waals surface area contributed by atoms with Crippen LogP contribution in [0.15, 0.2) is 47.8 Å². The molecule has 0 aliphatic rings. The monoisotopic (exact) mass is 434 g/mol. The number of aryl methyl sites for hydroxylation is 2. The third-order valence-corrected chi connectivity index (χ3v) is 5.68. The summed E-state index contributed by atoms with van der Waals surface area (Å²) in [5, 5.41) is 5.03. The smallest absolute Gasteiger partial charge is 0.338 e. The number of ether oxygens (including phenoxy) is 1. The van der Waals surface area contributed by atoms with Crippen LogP contribution in [-0.4, -0.2) is 32.9 Å². The van der Waals surface area contributed by atoms with Crippen LogP contribution in [0.25, 0.3) is 22.4 Å². The molecule has 2 N–H and O–H groups in total. The summed E-state index contributed by atoms with van der Waals surface area (Å²) in [6.07, 6.45) is -0.552. The minimum atomic E-state index is -0.905. The molecule has 0 radical (unpaired) electrons. The summed E-state index contributed by atoms with van der Waals surface area (Å²) >= 11 is 1.33. The van der Waals surface area contributed by atoms with Crippen LogP contribution in [0.4, 0.5) is 5.13 Å². The Balaban J connectivity index is 1.49. The molecule has 31 heavy (non-hydrogen) atoms. The van der Waals surface area contributed by atoms with Crippen molar-refractivity contribution < 1.29 is 14.3 Å². The zero-order valence-corrected chi connectivity index (χ0v) is 18.2. The minimum Gasteiger partial charge on any atom is -0.449 e. The van der Waals surface area contributed by atoms with Crippen LogP contribution >= 0.6 is 11.3 Å². The SMILES string of the molecule is CCC(OC(=O)c1ccc2nc(-c3ccc(C)cc3)[nH]c2c1)C(=O)Nc1nc(C)cs1. The fourth-order valence-electron chi connectivity index (χ4n) is 3.10. The van der Waals surface area contributed by atoms with E-state index in [1.165, 1.54) is 16.9 Å². The average molecular weight is 435 g/mol. The largest absolute Gasteiger partial charge is 0.449 e. The van der Waals surface area contributed by atoms with Crippen molar-refractivity contribution in [2.24, 2.45) is 0 Å². The molecule has 7 nitrogen and oxygen atoms in total. The number of hydrogen-bond donors (Lipinski definition) is 2. The van der Waals surface area contributed by atoms with Gasteiger partial charge in [0.1, 0.15) is 5.82 Å². The predicted octanol–water partition coefficient (Wildman–Crippen LogP) is 4.88. The van der Waals surface area contributed by atoms with Crippen molar-refractivity contribution in [3.8, 4) is 11.4 Å². The van der Waals surface area contributed by atoms with Crippen molar-refractivity contribution >= 4 is 39.4 Å². The number of rotatable bonds is 6. The van der Waals surface area contributed by atoms with Crippen molar-refractivity contribution in [2.45, 2.75) is 33.3 Å². The van der Waals surface area contributed by atoms with E-state index >= 15 is 0 Å². The Morgan fingerprint density at radius 2 is 1.90 bits per heavy atom. The fourth-order valence-corrected chi connectivity index (χ4v) is 3.79. The van der Waals surface area contributed by atoms with Gasteiger partial charge in [0, 0.05) is 10.9 Å². The average Bonchev–Trinajstić information content (AvgIpc) is 3.37. The Hall–Kier alpha value is -3.52. The van der Waals surface area contributed by atoms with Gasteiger partial charge in [0.2, 0.25) is 0 Å². The molecule has 0 aliphatic heterocycles. The van der Waals surface area contributed by atoms with Crippen LogP contribution in [0.2, 0.25) is 0 Å². The van der Waals surface area contributed by atoms with Crippen molar-refractivity contribution in [1.29, 1.82) is 0 Å². The maximum Gasteiger partial charge on any atom is 0.338 e. The molecule has 0 fully saturated rings. The van der Waals surface area contributed by atoms with Gasteiger partial charge in [-0.05, 0) is 38.5 Å². The van der Waals surface area contributed by atoms with Gasteiger partial charge < -0.3 is 9.72 Å². The normalized spacial score (nSPS) is 12.0. The summed E-state index contributed by atoms with van der Waals surface area (Å²) in [7, 11) is 0. The molecule has 158 valence electrons. The molecule has 0 bridgehead atoms. The Bertz CT molecular complexity index is 1240. The van der Waals surface area contributed by atoms with E-state index in [9.17, 15) is 9.59 Å². The van der Waals surface area contributed by atoms with Crippen LogP contribution in [0.3, 0.4) is 0 Å². The molecule has 2 heterocycles. The van der Waals surface area contributed by atoms with Crippen LogP contribution < -0.4 is 5.32 Å². The molecule has 4 rings (SSSR count). The number of nitrogens with one attached hydrogen (secondary N) is 2. The second-order valence-electron chi connectivity index (χ2n) is 7.27. The highest BCUT2D eigenvalue weighted by atomic mass is 32.1. The molecule has 0 aliphatic carbocycles. The molecule has 8 heteroatoms. The third-order valence-electron chi connectivity index (χ3n) is 4.80. The number of aromatic nitrogens is 3. The standard InChI is InChI=1S/C23H22N4O3S/c1-4-19(21(28)27-23-24-14(3)12-31-23)30-22(29)16-9-10-17-18(11-16)26-20(25-17)15-7-5-13(2)6-8-15/h5-12,19H,4H2,1-3H3,(H,25,26)(H,24,27,28). The van der Waals surface area contributed by atoms with Gasteiger partial charge in [-0.25, -0.2) is 14.8 Å². The van der Waals surface area contributed by atoms with E-state index in [-0.39, 0.29) is 0 Å². The van der Waals surface area contributed by atoms with Gasteiger partial charge in [-0.1, -0.05) is 36.8 Å². The molecule has 1 atom stereocenters. The topological polar surface area (TPSA) is 97.0 Å². The van der Waals surface area contributed by atoms with Gasteiger partial charge in [-0.15, -0.1) is 11.3 Å². The highest BCUT2D eigenvalue weighted by Crippen LogP contribution is 2.22. The van der Waals surface area contributed by atoms with Crippen molar-refractivity contribution in [1.82, 2.24) is 15.0 Å². The van der Waals surface area contributed by atoms with Gasteiger partial charge in [-0.2, -0.15) is 0 Å². The number of imidazole rings is 1. The number of aromatic amines is 1. The van der Waals surface area contributed by atoms with E-state index in [0.717, 1.165) is 28.1 Å². The minimum absolute atomic E-state index is 0.350. The number of carbonyl (C=O) groups is 2. The Morgan fingerprint density at radius 3 is 2.58 bits per heavy atom. The first-order valence-corrected chi connectivity index (χ1v) is 10.8. The lowest BCUT2D eigenvalue weighted by Gasteiger charge is -2.15. The first-order chi connectivity index (χ1) is 14.9. The zero-order chi connectivity index (χ0) is 22.0. The van der Waals surface area contributed by atoms with E-state index in [4.69, 9.17) is 4.74 Å². The third kappa shape index (κ3) is 4.64. The van der Waals surface area contributed by atoms with Crippen LogP contribution in [-0.2, 0) is 9.53 Å². The molecule has 1 unspecified atom stereocenters. The maximum atomic E-state index is 12.7. The van der Waals surface area contributed by atoms with Gasteiger partial charge in [-0.3, -0.25) is 10.1 Å². The summed E-state index contributed by atoms with van der Waals surface area (Å²) < 4.78 is 5.47. The summed E-state index contributed by atoms with van der Waals surface area (Å²) in [5.41, 5.74) is 4.78. The summed E-state index contributed by atoms with van der Waals surface area (Å²) in [4.78, 5) is 37.2. The van der Waals surface area contributed by atoms with E-state index < -0.39 is 18.0 Å². The second-order valence-corrected chi connectivity index (χ2v) is 8.13. The molecular weight excluding hydrogens is 412 g/mol. The number of fused-ring (bicyclic) bond motifs is 1. The number of carbonyl (C=O) groups excluding carboxylic acids is 2. The number of thiazole rings is 1. The predicted molar refractivity (Wildman–Crippen MR) is 121 cm³/mol. The molecule has 2 aromatic heterocycles. The lowest BCUT2D eigenvalue weighted by atomic mass is 10.1. The Labute approximate surface area is 183 Å². The lowest BCUT2D eigenvalue weighted by molar-refractivity contribution is -0.124. The van der Waals surface area contributed by atoms with Crippen LogP contribution in [0.5, 0.6) is 0 Å². The maximum absolute atomic E-state index is 12.7. The molecule has 0 saturated heterocycles. The van der Waals surface area contributed by atoms with E-state index in [0.29, 0.717) is 17.1 Å². The first-order valence-electron chi connectivity index (χ1n) is 9.93. The second kappa shape index (κ2) is 8.69. The van der Waals surface area contributed by atoms with Gasteiger partial charge in [0.25, 0.3) is 5.91 Å². The van der Waals surface area contributed by atoms with Crippen molar-refractivity contribution in [3.05, 3.63) is 64.7 Å². The molecule has 4 aromatic rings. The lowest BCUT2D eigenvalue weighted by Crippen LogP contribution is -2.32. The van der Waals surface area contributed by atoms with E-state index in [1.54, 1.807) is 25.1 Å².